The van der Waals surface area contributed by atoms with Crippen LogP contribution in [0.3, 0.4) is 0 Å². The Morgan fingerprint density at radius 3 is 1.80 bits per heavy atom. The first-order valence-electron chi connectivity index (χ1n) is 9.26. The molecular weight excluding hydrogens is 318 g/mol. The van der Waals surface area contributed by atoms with Gasteiger partial charge < -0.3 is 9.47 Å². The van der Waals surface area contributed by atoms with Crippen LogP contribution < -0.4 is 0 Å². The first-order valence-corrected chi connectivity index (χ1v) is 9.26. The van der Waals surface area contributed by atoms with E-state index in [1.54, 1.807) is 4.90 Å². The Labute approximate surface area is 153 Å². The van der Waals surface area contributed by atoms with Gasteiger partial charge in [0.05, 0.1) is 5.41 Å². The SMILES string of the molecule is CCC(C)(C)C(=O)OC1CC(C)(C)N(C(=O)OC(C)(C)C)C(C)(C)C1. The number of hydrogen-bond donors (Lipinski definition) is 0. The molecule has 1 amide bonds. The molecule has 1 rings (SSSR count). The quantitative estimate of drug-likeness (QED) is 0.674. The Morgan fingerprint density at radius 1 is 1.00 bits per heavy atom. The molecule has 1 saturated heterocycles. The van der Waals surface area contributed by atoms with E-state index in [9.17, 15) is 9.59 Å². The molecule has 1 aliphatic rings. The van der Waals surface area contributed by atoms with E-state index in [0.717, 1.165) is 6.42 Å². The van der Waals surface area contributed by atoms with Gasteiger partial charge >= 0.3 is 12.1 Å². The second kappa shape index (κ2) is 6.81. The molecule has 0 atom stereocenters. The maximum atomic E-state index is 12.8. The molecule has 0 aromatic rings. The zero-order valence-corrected chi connectivity index (χ0v) is 17.8. The van der Waals surface area contributed by atoms with Gasteiger partial charge in [0.1, 0.15) is 11.7 Å². The van der Waals surface area contributed by atoms with Crippen molar-refractivity contribution in [2.75, 3.05) is 0 Å². The smallest absolute Gasteiger partial charge is 0.411 e. The number of carbonyl (C=O) groups excluding carboxylic acids is 2. The van der Waals surface area contributed by atoms with Crippen molar-refractivity contribution in [2.24, 2.45) is 5.41 Å². The fourth-order valence-corrected chi connectivity index (χ4v) is 3.53. The summed E-state index contributed by atoms with van der Waals surface area (Å²) in [7, 11) is 0. The van der Waals surface area contributed by atoms with Crippen LogP contribution in [-0.2, 0) is 14.3 Å². The first kappa shape index (κ1) is 21.8. The van der Waals surface area contributed by atoms with Crippen molar-refractivity contribution in [3.63, 3.8) is 0 Å². The lowest BCUT2D eigenvalue weighted by atomic mass is 9.78. The molecule has 0 aliphatic carbocycles. The summed E-state index contributed by atoms with van der Waals surface area (Å²) in [6.45, 7) is 19.4. The molecule has 146 valence electrons. The molecule has 0 spiro atoms. The number of likely N-dealkylation sites (tertiary alicyclic amines) is 1. The van der Waals surface area contributed by atoms with Gasteiger partial charge in [-0.05, 0) is 68.7 Å². The van der Waals surface area contributed by atoms with Crippen molar-refractivity contribution >= 4 is 12.1 Å². The minimum Gasteiger partial charge on any atom is -0.462 e. The summed E-state index contributed by atoms with van der Waals surface area (Å²) in [6, 6.07) is 0. The molecule has 1 aliphatic heterocycles. The lowest BCUT2D eigenvalue weighted by molar-refractivity contribution is -0.169. The van der Waals surface area contributed by atoms with Crippen LogP contribution >= 0.6 is 0 Å². The predicted octanol–water partition coefficient (Wildman–Crippen LogP) is 4.92. The normalized spacial score (nSPS) is 21.0. The zero-order chi connectivity index (χ0) is 19.8. The van der Waals surface area contributed by atoms with Crippen molar-refractivity contribution in [2.45, 2.75) is 111 Å². The summed E-state index contributed by atoms with van der Waals surface area (Å²) in [5.74, 6) is -0.169. The van der Waals surface area contributed by atoms with Gasteiger partial charge in [-0.15, -0.1) is 0 Å². The van der Waals surface area contributed by atoms with Crippen molar-refractivity contribution in [1.29, 1.82) is 0 Å². The standard InChI is InChI=1S/C20H37NO4/c1-11-18(5,6)15(22)24-14-12-19(7,8)21(20(9,10)13-14)16(23)25-17(2,3)4/h14H,11-13H2,1-10H3. The van der Waals surface area contributed by atoms with E-state index in [0.29, 0.717) is 12.8 Å². The number of esters is 1. The zero-order valence-electron chi connectivity index (χ0n) is 17.8. The van der Waals surface area contributed by atoms with Crippen LogP contribution in [0.4, 0.5) is 4.79 Å². The van der Waals surface area contributed by atoms with Crippen LogP contribution in [0.5, 0.6) is 0 Å². The third kappa shape index (κ3) is 5.35. The van der Waals surface area contributed by atoms with Gasteiger partial charge in [0.2, 0.25) is 0 Å². The van der Waals surface area contributed by atoms with Gasteiger partial charge in [0.15, 0.2) is 0 Å². The van der Waals surface area contributed by atoms with E-state index < -0.39 is 22.1 Å². The molecule has 0 aromatic carbocycles. The number of nitrogens with zero attached hydrogens (tertiary/aromatic N) is 1. The summed E-state index contributed by atoms with van der Waals surface area (Å²) in [6.07, 6.45) is 1.40. The molecule has 5 nitrogen and oxygen atoms in total. The van der Waals surface area contributed by atoms with E-state index in [1.807, 2.05) is 69.2 Å². The largest absolute Gasteiger partial charge is 0.462 e. The molecule has 1 fully saturated rings. The van der Waals surface area contributed by atoms with Gasteiger partial charge in [-0.1, -0.05) is 6.92 Å². The fraction of sp³-hybridized carbons (Fsp3) is 0.900. The maximum absolute atomic E-state index is 12.8. The number of rotatable bonds is 3. The molecule has 0 bridgehead atoms. The van der Waals surface area contributed by atoms with E-state index in [2.05, 4.69) is 0 Å². The molecular formula is C20H37NO4. The number of amides is 1. The van der Waals surface area contributed by atoms with E-state index in [-0.39, 0.29) is 18.2 Å². The number of ether oxygens (including phenoxy) is 2. The summed E-state index contributed by atoms with van der Waals surface area (Å²) >= 11 is 0. The lowest BCUT2D eigenvalue weighted by Gasteiger charge is -2.54. The molecule has 5 heteroatoms. The van der Waals surface area contributed by atoms with Gasteiger partial charge in [-0.25, -0.2) is 4.79 Å². The summed E-state index contributed by atoms with van der Waals surface area (Å²) in [5, 5.41) is 0. The van der Waals surface area contributed by atoms with Crippen molar-refractivity contribution < 1.29 is 19.1 Å². The number of carbonyl (C=O) groups is 2. The topological polar surface area (TPSA) is 55.8 Å². The summed E-state index contributed by atoms with van der Waals surface area (Å²) in [5.41, 5.74) is -1.97. The number of hydrogen-bond acceptors (Lipinski definition) is 4. The van der Waals surface area contributed by atoms with Crippen LogP contribution in [0.1, 0.15) is 88.5 Å². The van der Waals surface area contributed by atoms with Crippen LogP contribution in [0, 0.1) is 5.41 Å². The average Bonchev–Trinajstić information content (AvgIpc) is 2.32. The Kier molecular flexibility index (Phi) is 5.93. The van der Waals surface area contributed by atoms with Crippen molar-refractivity contribution in [1.82, 2.24) is 4.90 Å². The van der Waals surface area contributed by atoms with Gasteiger partial charge in [-0.2, -0.15) is 0 Å². The highest BCUT2D eigenvalue weighted by molar-refractivity contribution is 5.76. The molecule has 0 radical (unpaired) electrons. The molecule has 0 unspecified atom stereocenters. The lowest BCUT2D eigenvalue weighted by Crippen LogP contribution is -2.65. The molecule has 0 saturated carbocycles. The minimum atomic E-state index is -0.544. The Bertz CT molecular complexity index is 496. The second-order valence-corrected chi connectivity index (χ2v) is 10.1. The predicted molar refractivity (Wildman–Crippen MR) is 99.4 cm³/mol. The highest BCUT2D eigenvalue weighted by Crippen LogP contribution is 2.41. The molecule has 0 aromatic heterocycles. The highest BCUT2D eigenvalue weighted by atomic mass is 16.6. The Morgan fingerprint density at radius 2 is 1.44 bits per heavy atom. The summed E-state index contributed by atoms with van der Waals surface area (Å²) in [4.78, 5) is 27.0. The van der Waals surface area contributed by atoms with E-state index in [4.69, 9.17) is 9.47 Å². The van der Waals surface area contributed by atoms with Crippen LogP contribution in [0.2, 0.25) is 0 Å². The Hall–Kier alpha value is -1.26. The Balaban J connectivity index is 2.98. The third-order valence-corrected chi connectivity index (χ3v) is 4.95. The van der Waals surface area contributed by atoms with Crippen molar-refractivity contribution in [3.05, 3.63) is 0 Å². The fourth-order valence-electron chi connectivity index (χ4n) is 3.53. The molecule has 0 N–H and O–H groups in total. The van der Waals surface area contributed by atoms with Gasteiger partial charge in [0, 0.05) is 23.9 Å². The average molecular weight is 356 g/mol. The van der Waals surface area contributed by atoms with E-state index in [1.165, 1.54) is 0 Å². The van der Waals surface area contributed by atoms with Gasteiger partial charge in [0.25, 0.3) is 0 Å². The monoisotopic (exact) mass is 355 g/mol. The summed E-state index contributed by atoms with van der Waals surface area (Å²) < 4.78 is 11.4. The van der Waals surface area contributed by atoms with Crippen molar-refractivity contribution in [3.8, 4) is 0 Å². The second-order valence-electron chi connectivity index (χ2n) is 10.1. The van der Waals surface area contributed by atoms with Crippen LogP contribution in [-0.4, -0.2) is 39.7 Å². The minimum absolute atomic E-state index is 0.169. The third-order valence-electron chi connectivity index (χ3n) is 4.95. The molecule has 1 heterocycles. The number of piperidine rings is 1. The highest BCUT2D eigenvalue weighted by Gasteiger charge is 2.50. The van der Waals surface area contributed by atoms with Crippen LogP contribution in [0.25, 0.3) is 0 Å². The van der Waals surface area contributed by atoms with Gasteiger partial charge in [-0.3, -0.25) is 9.69 Å². The molecule has 25 heavy (non-hydrogen) atoms. The van der Waals surface area contributed by atoms with Crippen LogP contribution in [0.15, 0.2) is 0 Å². The maximum Gasteiger partial charge on any atom is 0.411 e. The van der Waals surface area contributed by atoms with E-state index >= 15 is 0 Å². The first-order chi connectivity index (χ1) is 11.0.